The molecule has 0 N–H and O–H groups in total. The third kappa shape index (κ3) is 6.21. The van der Waals surface area contributed by atoms with E-state index < -0.39 is 22.4 Å². The van der Waals surface area contributed by atoms with Gasteiger partial charge in [-0.25, -0.2) is 8.42 Å². The fourth-order valence-corrected chi connectivity index (χ4v) is 7.25. The van der Waals surface area contributed by atoms with Crippen LogP contribution in [0.25, 0.3) is 11.1 Å². The summed E-state index contributed by atoms with van der Waals surface area (Å²) in [5.74, 6) is -0.503. The van der Waals surface area contributed by atoms with Crippen molar-refractivity contribution >= 4 is 38.7 Å². The Morgan fingerprint density at radius 3 is 2.54 bits per heavy atom. The zero-order valence-electron chi connectivity index (χ0n) is 18.2. The summed E-state index contributed by atoms with van der Waals surface area (Å²) < 4.78 is 68.7. The van der Waals surface area contributed by atoms with Gasteiger partial charge in [0.2, 0.25) is 0 Å². The Morgan fingerprint density at radius 1 is 1.14 bits per heavy atom. The van der Waals surface area contributed by atoms with E-state index in [0.717, 1.165) is 16.9 Å². The number of carbonyl (C=O) groups is 1. The number of thiophene rings is 1. The second kappa shape index (κ2) is 10.3. The largest absolute Gasteiger partial charge is 0.573 e. The van der Waals surface area contributed by atoms with Crippen molar-refractivity contribution < 1.29 is 31.1 Å². The molecule has 1 saturated heterocycles. The normalized spacial score (nSPS) is 17.0. The molecule has 1 aliphatic heterocycles. The highest BCUT2D eigenvalue weighted by molar-refractivity contribution is 7.91. The quantitative estimate of drug-likeness (QED) is 0.363. The summed E-state index contributed by atoms with van der Waals surface area (Å²) in [7, 11) is -3.80. The van der Waals surface area contributed by atoms with Crippen LogP contribution in [0.3, 0.4) is 0 Å². The second-order valence-corrected chi connectivity index (χ2v) is 11.7. The summed E-state index contributed by atoms with van der Waals surface area (Å²) >= 11 is 6.85. The molecule has 0 radical (unpaired) electrons. The molecule has 3 heterocycles. The van der Waals surface area contributed by atoms with Gasteiger partial charge in [-0.3, -0.25) is 9.78 Å². The lowest BCUT2D eigenvalue weighted by Crippen LogP contribution is -2.40. The Bertz CT molecular complexity index is 1310. The zero-order chi connectivity index (χ0) is 25.2. The fourth-order valence-electron chi connectivity index (χ4n) is 3.96. The molecule has 186 valence electrons. The molecule has 6 nitrogen and oxygen atoms in total. The maximum atomic E-state index is 13.0. The predicted molar refractivity (Wildman–Crippen MR) is 126 cm³/mol. The van der Waals surface area contributed by atoms with Gasteiger partial charge in [-0.05, 0) is 66.8 Å². The van der Waals surface area contributed by atoms with Crippen molar-refractivity contribution in [3.63, 3.8) is 0 Å². The van der Waals surface area contributed by atoms with Gasteiger partial charge in [0.05, 0.1) is 10.4 Å². The first-order valence-electron chi connectivity index (χ1n) is 10.6. The molecule has 0 amide bonds. The number of Topliss-reactive ketones (excluding diaryl/α,β-unsaturated/α-hetero) is 1. The van der Waals surface area contributed by atoms with Crippen molar-refractivity contribution in [1.29, 1.82) is 0 Å². The van der Waals surface area contributed by atoms with Gasteiger partial charge >= 0.3 is 6.36 Å². The van der Waals surface area contributed by atoms with Crippen molar-refractivity contribution in [3.05, 3.63) is 64.8 Å². The molecule has 1 fully saturated rings. The second-order valence-electron chi connectivity index (χ2n) is 7.91. The van der Waals surface area contributed by atoms with Gasteiger partial charge in [0, 0.05) is 24.9 Å². The highest BCUT2D eigenvalue weighted by Crippen LogP contribution is 2.33. The summed E-state index contributed by atoms with van der Waals surface area (Å²) in [4.78, 5) is 17.2. The van der Waals surface area contributed by atoms with Crippen LogP contribution in [-0.4, -0.2) is 42.4 Å². The third-order valence-electron chi connectivity index (χ3n) is 5.55. The third-order valence-corrected chi connectivity index (χ3v) is 9.16. The predicted octanol–water partition coefficient (Wildman–Crippen LogP) is 5.72. The van der Waals surface area contributed by atoms with Crippen LogP contribution in [0.15, 0.2) is 58.9 Å². The minimum absolute atomic E-state index is 0.108. The van der Waals surface area contributed by atoms with Crippen LogP contribution in [0, 0.1) is 0 Å². The van der Waals surface area contributed by atoms with E-state index in [0.29, 0.717) is 34.9 Å². The van der Waals surface area contributed by atoms with Gasteiger partial charge in [-0.1, -0.05) is 23.7 Å². The number of rotatable bonds is 8. The topological polar surface area (TPSA) is 76.6 Å². The molecular weight excluding hydrogens is 525 g/mol. The number of hydrogen-bond donors (Lipinski definition) is 0. The highest BCUT2D eigenvalue weighted by atomic mass is 35.5. The van der Waals surface area contributed by atoms with Gasteiger partial charge < -0.3 is 4.74 Å². The van der Waals surface area contributed by atoms with Crippen molar-refractivity contribution in [3.8, 4) is 16.9 Å². The Morgan fingerprint density at radius 2 is 1.89 bits per heavy atom. The summed E-state index contributed by atoms with van der Waals surface area (Å²) in [6.07, 6.45) is -1.74. The lowest BCUT2D eigenvalue weighted by molar-refractivity contribution is -0.274. The number of ketones is 1. The number of nitrogens with zero attached hydrogens (tertiary/aromatic N) is 2. The van der Waals surface area contributed by atoms with Crippen molar-refractivity contribution in [2.24, 2.45) is 0 Å². The number of alkyl halides is 3. The number of ether oxygens (including phenoxy) is 1. The Labute approximate surface area is 209 Å². The number of hydrogen-bond acceptors (Lipinski definition) is 6. The molecule has 1 aliphatic rings. The lowest BCUT2D eigenvalue weighted by Gasteiger charge is -2.22. The molecule has 4 rings (SSSR count). The van der Waals surface area contributed by atoms with E-state index in [1.807, 2.05) is 0 Å². The van der Waals surface area contributed by atoms with Crippen LogP contribution in [0.1, 0.15) is 25.0 Å². The monoisotopic (exact) mass is 544 g/mol. The molecule has 0 aliphatic carbocycles. The summed E-state index contributed by atoms with van der Waals surface area (Å²) in [5, 5.41) is 0. The zero-order valence-corrected chi connectivity index (χ0v) is 20.6. The first kappa shape index (κ1) is 25.6. The summed E-state index contributed by atoms with van der Waals surface area (Å²) in [6.45, 7) is 0.274. The first-order valence-corrected chi connectivity index (χ1v) is 13.3. The van der Waals surface area contributed by atoms with Crippen LogP contribution in [-0.2, 0) is 21.2 Å². The number of aromatic nitrogens is 1. The number of carbonyl (C=O) groups excluding carboxylic acids is 1. The van der Waals surface area contributed by atoms with E-state index >= 15 is 0 Å². The van der Waals surface area contributed by atoms with E-state index in [2.05, 4.69) is 9.72 Å². The number of aryl methyl sites for hydroxylation is 1. The number of halogens is 4. The average Bonchev–Trinajstić information content (AvgIpc) is 3.47. The first-order chi connectivity index (χ1) is 16.5. The van der Waals surface area contributed by atoms with Crippen LogP contribution in [0.4, 0.5) is 13.2 Å². The Kier molecular flexibility index (Phi) is 7.51. The minimum Gasteiger partial charge on any atom is -0.406 e. The molecule has 0 unspecified atom stereocenters. The molecule has 12 heteroatoms. The number of pyridine rings is 1. The highest BCUT2D eigenvalue weighted by Gasteiger charge is 2.39. The maximum absolute atomic E-state index is 13.0. The molecule has 2 aromatic heterocycles. The van der Waals surface area contributed by atoms with Crippen LogP contribution in [0.2, 0.25) is 4.34 Å². The van der Waals surface area contributed by atoms with Gasteiger partial charge in [0.1, 0.15) is 9.96 Å². The van der Waals surface area contributed by atoms with Gasteiger partial charge in [-0.15, -0.1) is 24.5 Å². The van der Waals surface area contributed by atoms with E-state index in [1.165, 1.54) is 40.7 Å². The Hall–Kier alpha value is -2.47. The van der Waals surface area contributed by atoms with E-state index in [1.54, 1.807) is 18.3 Å². The molecule has 0 bridgehead atoms. The molecule has 1 aromatic carbocycles. The number of benzene rings is 1. The van der Waals surface area contributed by atoms with Gasteiger partial charge in [0.25, 0.3) is 10.0 Å². The van der Waals surface area contributed by atoms with E-state index in [-0.39, 0.29) is 28.7 Å². The SMILES string of the molecule is O=C(CCc1cc(-c2ccc(OC(F)(F)F)cc2)ccn1)[C@@H]1CCCN1S(=O)(=O)c1ccc(Cl)s1. The van der Waals surface area contributed by atoms with Crippen molar-refractivity contribution in [2.45, 2.75) is 42.3 Å². The maximum Gasteiger partial charge on any atom is 0.573 e. The fraction of sp³-hybridized carbons (Fsp3) is 0.304. The van der Waals surface area contributed by atoms with E-state index in [4.69, 9.17) is 11.6 Å². The van der Waals surface area contributed by atoms with Crippen LogP contribution in [0.5, 0.6) is 5.75 Å². The average molecular weight is 545 g/mol. The lowest BCUT2D eigenvalue weighted by atomic mass is 10.0. The smallest absolute Gasteiger partial charge is 0.406 e. The van der Waals surface area contributed by atoms with Crippen molar-refractivity contribution in [2.75, 3.05) is 6.54 Å². The van der Waals surface area contributed by atoms with Crippen molar-refractivity contribution in [1.82, 2.24) is 9.29 Å². The summed E-state index contributed by atoms with van der Waals surface area (Å²) in [5.41, 5.74) is 2.00. The molecule has 35 heavy (non-hydrogen) atoms. The molecule has 0 saturated carbocycles. The number of sulfonamides is 1. The van der Waals surface area contributed by atoms with Crippen LogP contribution < -0.4 is 4.74 Å². The van der Waals surface area contributed by atoms with E-state index in [9.17, 15) is 26.4 Å². The summed E-state index contributed by atoms with van der Waals surface area (Å²) in [6, 6.07) is 11.1. The van der Waals surface area contributed by atoms with Crippen LogP contribution >= 0.6 is 22.9 Å². The molecule has 0 spiro atoms. The van der Waals surface area contributed by atoms with Gasteiger partial charge in [0.15, 0.2) is 5.78 Å². The molecule has 1 atom stereocenters. The minimum atomic E-state index is -4.76. The standard InChI is InChI=1S/C23H20ClF3N2O4S2/c24-21-9-10-22(34-21)35(31,32)29-13-1-2-19(29)20(30)8-5-17-14-16(11-12-28-17)15-3-6-18(7-4-15)33-23(25,26)27/h3-4,6-7,9-12,14,19H,1-2,5,8,13H2/t19-/m0/s1. The molecule has 3 aromatic rings. The van der Waals surface area contributed by atoms with Gasteiger partial charge in [-0.2, -0.15) is 4.31 Å². The Balaban J connectivity index is 1.42. The molecular formula is C23H20ClF3N2O4S2.